The molecular weight excluding hydrogens is 514 g/mol. The number of carbonyl (C=O) groups excluding carboxylic acids is 1. The summed E-state index contributed by atoms with van der Waals surface area (Å²) in [6.45, 7) is 2.02. The first-order chi connectivity index (χ1) is 17.5. The summed E-state index contributed by atoms with van der Waals surface area (Å²) in [4.78, 5) is 38.9. The van der Waals surface area contributed by atoms with Gasteiger partial charge in [-0.1, -0.05) is 59.0 Å². The largest absolute Gasteiger partial charge is 0.349 e. The lowest BCUT2D eigenvalue weighted by Crippen LogP contribution is -2.23. The number of aryl methyl sites for hydroxylation is 1. The molecule has 3 aromatic heterocycles. The normalized spacial score (nSPS) is 11.5. The number of anilines is 1. The fourth-order valence-corrected chi connectivity index (χ4v) is 5.94. The zero-order chi connectivity index (χ0) is 24.8. The molecule has 1 amide bonds. The van der Waals surface area contributed by atoms with Crippen LogP contribution < -0.4 is 10.9 Å². The van der Waals surface area contributed by atoms with E-state index in [0.29, 0.717) is 32.0 Å². The van der Waals surface area contributed by atoms with E-state index in [1.807, 2.05) is 49.4 Å². The van der Waals surface area contributed by atoms with E-state index in [1.165, 1.54) is 27.7 Å². The molecule has 0 fully saturated rings. The van der Waals surface area contributed by atoms with Gasteiger partial charge in [-0.15, -0.1) is 0 Å². The maximum Gasteiger partial charge on any atom is 0.283 e. The van der Waals surface area contributed by atoms with Crippen LogP contribution in [0.4, 0.5) is 5.13 Å². The van der Waals surface area contributed by atoms with Crippen LogP contribution in [0, 0.1) is 6.92 Å². The number of H-pyrrole nitrogens is 1. The Morgan fingerprint density at radius 3 is 2.75 bits per heavy atom. The molecule has 6 aromatic rings. The summed E-state index contributed by atoms with van der Waals surface area (Å²) in [6, 6.07) is 20.6. The lowest BCUT2D eigenvalue weighted by atomic mass is 10.2. The van der Waals surface area contributed by atoms with Crippen LogP contribution in [0.15, 0.2) is 76.7 Å². The molecule has 3 aromatic carbocycles. The van der Waals surface area contributed by atoms with E-state index in [1.54, 1.807) is 24.3 Å². The summed E-state index contributed by atoms with van der Waals surface area (Å²) in [5, 5.41) is 5.24. The van der Waals surface area contributed by atoms with Gasteiger partial charge < -0.3 is 10.3 Å². The highest BCUT2D eigenvalue weighted by Crippen LogP contribution is 2.29. The molecule has 10 heteroatoms. The molecule has 0 atom stereocenters. The molecule has 0 bridgehead atoms. The fraction of sp³-hybridized carbons (Fsp3) is 0.0769. The van der Waals surface area contributed by atoms with E-state index in [0.717, 1.165) is 26.7 Å². The Kier molecular flexibility index (Phi) is 5.75. The third-order valence-electron chi connectivity index (χ3n) is 5.70. The van der Waals surface area contributed by atoms with Gasteiger partial charge in [0.05, 0.1) is 21.7 Å². The highest BCUT2D eigenvalue weighted by Gasteiger charge is 2.18. The second-order valence-electron chi connectivity index (χ2n) is 8.23. The lowest BCUT2D eigenvalue weighted by Gasteiger charge is -2.12. The SMILES string of the molecule is Cc1ccc2nc(NC(=O)CSc3nc4c([nH]c5ccccc54)c(=O)n3-c3ccc(Cl)cc3)sc2c1. The first kappa shape index (κ1) is 22.8. The van der Waals surface area contributed by atoms with Gasteiger partial charge in [0, 0.05) is 15.9 Å². The second-order valence-corrected chi connectivity index (χ2v) is 10.6. The number of aromatic nitrogens is 4. The number of hydrogen-bond acceptors (Lipinski definition) is 6. The van der Waals surface area contributed by atoms with Crippen molar-refractivity contribution in [1.82, 2.24) is 19.5 Å². The van der Waals surface area contributed by atoms with Crippen molar-refractivity contribution in [3.05, 3.63) is 87.7 Å². The van der Waals surface area contributed by atoms with Gasteiger partial charge in [-0.2, -0.15) is 0 Å². The van der Waals surface area contributed by atoms with Gasteiger partial charge in [0.15, 0.2) is 10.3 Å². The van der Waals surface area contributed by atoms with Crippen molar-refractivity contribution < 1.29 is 4.79 Å². The number of hydrogen-bond donors (Lipinski definition) is 2. The maximum atomic E-state index is 13.6. The number of thiazole rings is 1. The number of carbonyl (C=O) groups is 1. The Morgan fingerprint density at radius 2 is 1.92 bits per heavy atom. The third kappa shape index (κ3) is 4.15. The van der Waals surface area contributed by atoms with E-state index >= 15 is 0 Å². The number of amides is 1. The average Bonchev–Trinajstić information content (AvgIpc) is 3.44. The van der Waals surface area contributed by atoms with E-state index in [2.05, 4.69) is 15.3 Å². The molecule has 0 saturated heterocycles. The molecule has 0 unspecified atom stereocenters. The third-order valence-corrected chi connectivity index (χ3v) is 7.83. The summed E-state index contributed by atoms with van der Waals surface area (Å²) >= 11 is 8.70. The Bertz CT molecular complexity index is 1840. The highest BCUT2D eigenvalue weighted by atomic mass is 35.5. The smallest absolute Gasteiger partial charge is 0.283 e. The van der Waals surface area contributed by atoms with Crippen molar-refractivity contribution in [3.63, 3.8) is 0 Å². The van der Waals surface area contributed by atoms with E-state index in [9.17, 15) is 9.59 Å². The molecule has 0 spiro atoms. The summed E-state index contributed by atoms with van der Waals surface area (Å²) in [5.74, 6) is -0.172. The van der Waals surface area contributed by atoms with Crippen LogP contribution in [0.2, 0.25) is 5.02 Å². The first-order valence-corrected chi connectivity index (χ1v) is 13.2. The predicted octanol–water partition coefficient (Wildman–Crippen LogP) is 6.17. The molecule has 0 aliphatic rings. The van der Waals surface area contributed by atoms with Crippen molar-refractivity contribution in [2.75, 3.05) is 11.1 Å². The summed E-state index contributed by atoms with van der Waals surface area (Å²) in [6.07, 6.45) is 0. The van der Waals surface area contributed by atoms with Gasteiger partial charge in [0.2, 0.25) is 5.91 Å². The Hall–Kier alpha value is -3.66. The lowest BCUT2D eigenvalue weighted by molar-refractivity contribution is -0.113. The van der Waals surface area contributed by atoms with E-state index in [-0.39, 0.29) is 17.2 Å². The van der Waals surface area contributed by atoms with Gasteiger partial charge in [-0.25, -0.2) is 9.97 Å². The summed E-state index contributed by atoms with van der Waals surface area (Å²) in [5.41, 5.74) is 4.15. The topological polar surface area (TPSA) is 92.7 Å². The molecule has 7 nitrogen and oxygen atoms in total. The number of halogens is 1. The van der Waals surface area contributed by atoms with Crippen LogP contribution in [-0.2, 0) is 4.79 Å². The molecule has 3 heterocycles. The van der Waals surface area contributed by atoms with Crippen molar-refractivity contribution >= 4 is 77.9 Å². The van der Waals surface area contributed by atoms with Crippen molar-refractivity contribution in [3.8, 4) is 5.69 Å². The van der Waals surface area contributed by atoms with Gasteiger partial charge in [-0.05, 0) is 55.0 Å². The minimum absolute atomic E-state index is 0.0584. The van der Waals surface area contributed by atoms with Crippen LogP contribution >= 0.6 is 34.7 Å². The second kappa shape index (κ2) is 9.09. The predicted molar refractivity (Wildman–Crippen MR) is 148 cm³/mol. The zero-order valence-electron chi connectivity index (χ0n) is 18.9. The van der Waals surface area contributed by atoms with Gasteiger partial charge in [0.1, 0.15) is 11.0 Å². The molecule has 36 heavy (non-hydrogen) atoms. The molecule has 2 N–H and O–H groups in total. The number of nitrogens with zero attached hydrogens (tertiary/aromatic N) is 3. The molecule has 178 valence electrons. The highest BCUT2D eigenvalue weighted by molar-refractivity contribution is 7.99. The number of aromatic amines is 1. The summed E-state index contributed by atoms with van der Waals surface area (Å²) in [7, 11) is 0. The Balaban J connectivity index is 1.36. The average molecular weight is 532 g/mol. The molecule has 0 saturated carbocycles. The quantitative estimate of drug-likeness (QED) is 0.205. The first-order valence-electron chi connectivity index (χ1n) is 11.1. The zero-order valence-corrected chi connectivity index (χ0v) is 21.3. The Labute approximate surface area is 218 Å². The fourth-order valence-electron chi connectivity index (χ4n) is 4.03. The molecule has 0 radical (unpaired) electrons. The van der Waals surface area contributed by atoms with Crippen molar-refractivity contribution in [2.45, 2.75) is 12.1 Å². The number of thioether (sulfide) groups is 1. The summed E-state index contributed by atoms with van der Waals surface area (Å²) < 4.78 is 2.52. The van der Waals surface area contributed by atoms with Gasteiger partial charge in [-0.3, -0.25) is 14.2 Å². The Morgan fingerprint density at radius 1 is 1.11 bits per heavy atom. The minimum Gasteiger partial charge on any atom is -0.349 e. The minimum atomic E-state index is -0.247. The molecule has 0 aliphatic carbocycles. The van der Waals surface area contributed by atoms with Crippen molar-refractivity contribution in [2.24, 2.45) is 0 Å². The van der Waals surface area contributed by atoms with Crippen LogP contribution in [0.3, 0.4) is 0 Å². The number of benzene rings is 3. The van der Waals surface area contributed by atoms with Gasteiger partial charge >= 0.3 is 0 Å². The number of para-hydroxylation sites is 1. The van der Waals surface area contributed by atoms with Gasteiger partial charge in [0.25, 0.3) is 5.56 Å². The van der Waals surface area contributed by atoms with Crippen molar-refractivity contribution in [1.29, 1.82) is 0 Å². The molecular formula is C26H18ClN5O2S2. The standard InChI is InChI=1S/C26H18ClN5O2S2/c1-14-6-11-19-20(12-14)36-25(29-19)30-21(33)13-35-26-31-22-17-4-2-3-5-18(17)28-23(22)24(34)32(26)16-9-7-15(27)8-10-16/h2-12,28H,13H2,1H3,(H,29,30,33). The molecule has 6 rings (SSSR count). The number of nitrogens with one attached hydrogen (secondary N) is 2. The van der Waals surface area contributed by atoms with Crippen LogP contribution in [-0.4, -0.2) is 31.2 Å². The van der Waals surface area contributed by atoms with Crippen LogP contribution in [0.1, 0.15) is 5.56 Å². The van der Waals surface area contributed by atoms with Crippen LogP contribution in [0.5, 0.6) is 0 Å². The van der Waals surface area contributed by atoms with E-state index < -0.39 is 0 Å². The molecule has 0 aliphatic heterocycles. The monoisotopic (exact) mass is 531 g/mol. The van der Waals surface area contributed by atoms with Crippen LogP contribution in [0.25, 0.3) is 37.8 Å². The number of fused-ring (bicyclic) bond motifs is 4. The maximum absolute atomic E-state index is 13.6. The van der Waals surface area contributed by atoms with E-state index in [4.69, 9.17) is 16.6 Å². The number of rotatable bonds is 5.